The fraction of sp³-hybridized carbons (Fsp3) is 0.300. The molecule has 0 fully saturated rings. The molecule has 1 aromatic carbocycles. The third kappa shape index (κ3) is 2.66. The van der Waals surface area contributed by atoms with Gasteiger partial charge in [0, 0.05) is 6.42 Å². The number of halogens is 1. The molecular weight excluding hydrogens is 201 g/mol. The van der Waals surface area contributed by atoms with Gasteiger partial charge in [-0.05, 0) is 11.6 Å². The Morgan fingerprint density at radius 1 is 1.67 bits per heavy atom. The molecule has 4 nitrogen and oxygen atoms in total. The Morgan fingerprint density at radius 2 is 2.33 bits per heavy atom. The number of ether oxygens (including phenoxy) is 1. The summed E-state index contributed by atoms with van der Waals surface area (Å²) in [7, 11) is 1.22. The van der Waals surface area contributed by atoms with E-state index in [0.29, 0.717) is 0 Å². The van der Waals surface area contributed by atoms with Crippen molar-refractivity contribution in [3.8, 4) is 5.75 Å². The minimum atomic E-state index is -0.900. The van der Waals surface area contributed by atoms with E-state index in [1.165, 1.54) is 19.2 Å². The van der Waals surface area contributed by atoms with E-state index in [9.17, 15) is 14.3 Å². The van der Waals surface area contributed by atoms with E-state index in [2.05, 4.69) is 4.74 Å². The number of hydrogen-bond donors (Lipinski definition) is 2. The summed E-state index contributed by atoms with van der Waals surface area (Å²) in [6.07, 6.45) is 0.0380. The van der Waals surface area contributed by atoms with Gasteiger partial charge in [0.05, 0.1) is 7.11 Å². The van der Waals surface area contributed by atoms with E-state index in [4.69, 9.17) is 5.73 Å². The van der Waals surface area contributed by atoms with Crippen molar-refractivity contribution in [1.82, 2.24) is 0 Å². The molecule has 1 rings (SSSR count). The van der Waals surface area contributed by atoms with Crippen LogP contribution >= 0.6 is 0 Å². The van der Waals surface area contributed by atoms with Crippen molar-refractivity contribution in [2.45, 2.75) is 12.5 Å². The Hall–Kier alpha value is -1.62. The van der Waals surface area contributed by atoms with E-state index in [1.54, 1.807) is 0 Å². The summed E-state index contributed by atoms with van der Waals surface area (Å²) >= 11 is 0. The zero-order valence-corrected chi connectivity index (χ0v) is 8.24. The predicted molar refractivity (Wildman–Crippen MR) is 51.8 cm³/mol. The summed E-state index contributed by atoms with van der Waals surface area (Å²) in [5.41, 5.74) is 5.76. The number of phenols is 1. The number of aromatic hydroxyl groups is 1. The van der Waals surface area contributed by atoms with Crippen LogP contribution in [0.5, 0.6) is 5.75 Å². The van der Waals surface area contributed by atoms with Crippen LogP contribution in [-0.2, 0) is 16.0 Å². The predicted octanol–water partition coefficient (Wildman–Crippen LogP) is 0.574. The molecule has 0 aliphatic rings. The smallest absolute Gasteiger partial charge is 0.322 e. The molecule has 15 heavy (non-hydrogen) atoms. The Bertz CT molecular complexity index is 368. The SMILES string of the molecule is COC(=O)[C@@H](N)Cc1cccc(F)c1O. The molecule has 0 bridgehead atoms. The van der Waals surface area contributed by atoms with E-state index < -0.39 is 23.6 Å². The van der Waals surface area contributed by atoms with Gasteiger partial charge in [0.2, 0.25) is 0 Å². The average Bonchev–Trinajstić information content (AvgIpc) is 2.23. The highest BCUT2D eigenvalue weighted by Crippen LogP contribution is 2.21. The lowest BCUT2D eigenvalue weighted by molar-refractivity contribution is -0.142. The maximum absolute atomic E-state index is 12.9. The molecule has 1 atom stereocenters. The van der Waals surface area contributed by atoms with Gasteiger partial charge >= 0.3 is 5.97 Å². The molecule has 0 heterocycles. The highest BCUT2D eigenvalue weighted by molar-refractivity contribution is 5.75. The molecule has 0 unspecified atom stereocenters. The first-order chi connectivity index (χ1) is 7.06. The Kier molecular flexibility index (Phi) is 3.62. The lowest BCUT2D eigenvalue weighted by Gasteiger charge is -2.10. The van der Waals surface area contributed by atoms with Crippen molar-refractivity contribution in [2.24, 2.45) is 5.73 Å². The molecule has 0 spiro atoms. The highest BCUT2D eigenvalue weighted by atomic mass is 19.1. The molecule has 0 saturated heterocycles. The number of carbonyl (C=O) groups is 1. The molecule has 0 aliphatic heterocycles. The zero-order chi connectivity index (χ0) is 11.4. The third-order valence-electron chi connectivity index (χ3n) is 2.01. The van der Waals surface area contributed by atoms with Gasteiger partial charge in [0.15, 0.2) is 11.6 Å². The number of carbonyl (C=O) groups excluding carboxylic acids is 1. The standard InChI is InChI=1S/C10H12FNO3/c1-15-10(14)8(12)5-6-3-2-4-7(11)9(6)13/h2-4,8,13H,5,12H2,1H3/t8-/m0/s1. The lowest BCUT2D eigenvalue weighted by Crippen LogP contribution is -2.33. The van der Waals surface area contributed by atoms with Crippen molar-refractivity contribution >= 4 is 5.97 Å². The van der Waals surface area contributed by atoms with Gasteiger partial charge in [-0.3, -0.25) is 4.79 Å². The number of phenolic OH excluding ortho intramolecular Hbond substituents is 1. The molecule has 0 radical (unpaired) electrons. The molecule has 5 heteroatoms. The summed E-state index contributed by atoms with van der Waals surface area (Å²) in [5, 5.41) is 9.32. The van der Waals surface area contributed by atoms with Crippen molar-refractivity contribution in [2.75, 3.05) is 7.11 Å². The van der Waals surface area contributed by atoms with E-state index >= 15 is 0 Å². The summed E-state index contributed by atoms with van der Waals surface area (Å²) in [6, 6.07) is 3.17. The van der Waals surface area contributed by atoms with Gasteiger partial charge < -0.3 is 15.6 Å². The topological polar surface area (TPSA) is 72.5 Å². The Balaban J connectivity index is 2.81. The maximum atomic E-state index is 12.9. The summed E-state index contributed by atoms with van der Waals surface area (Å²) < 4.78 is 17.3. The Morgan fingerprint density at radius 3 is 2.93 bits per heavy atom. The fourth-order valence-electron chi connectivity index (χ4n) is 1.20. The van der Waals surface area contributed by atoms with Crippen LogP contribution in [0.2, 0.25) is 0 Å². The molecule has 0 saturated carbocycles. The Labute approximate surface area is 86.5 Å². The molecule has 0 amide bonds. The van der Waals surface area contributed by atoms with Gasteiger partial charge in [-0.1, -0.05) is 12.1 Å². The quantitative estimate of drug-likeness (QED) is 0.720. The second kappa shape index (κ2) is 4.75. The van der Waals surface area contributed by atoms with Crippen LogP contribution in [0.3, 0.4) is 0 Å². The number of rotatable bonds is 3. The second-order valence-corrected chi connectivity index (χ2v) is 3.08. The van der Waals surface area contributed by atoms with Crippen LogP contribution in [0.15, 0.2) is 18.2 Å². The molecule has 1 aromatic rings. The lowest BCUT2D eigenvalue weighted by atomic mass is 10.1. The number of nitrogens with two attached hydrogens (primary N) is 1. The number of benzene rings is 1. The summed E-state index contributed by atoms with van der Waals surface area (Å²) in [5.74, 6) is -1.81. The van der Waals surface area contributed by atoms with Gasteiger partial charge in [0.1, 0.15) is 6.04 Å². The van der Waals surface area contributed by atoms with Crippen LogP contribution in [-0.4, -0.2) is 24.2 Å². The fourth-order valence-corrected chi connectivity index (χ4v) is 1.20. The van der Waals surface area contributed by atoms with Crippen LogP contribution in [0.1, 0.15) is 5.56 Å². The average molecular weight is 213 g/mol. The van der Waals surface area contributed by atoms with Gasteiger partial charge in [-0.25, -0.2) is 4.39 Å². The molecule has 0 aromatic heterocycles. The molecular formula is C10H12FNO3. The number of para-hydroxylation sites is 1. The first-order valence-electron chi connectivity index (χ1n) is 4.36. The van der Waals surface area contributed by atoms with E-state index in [-0.39, 0.29) is 12.0 Å². The van der Waals surface area contributed by atoms with Crippen molar-refractivity contribution in [3.05, 3.63) is 29.6 Å². The van der Waals surface area contributed by atoms with Crippen molar-refractivity contribution in [3.63, 3.8) is 0 Å². The van der Waals surface area contributed by atoms with Crippen LogP contribution in [0, 0.1) is 5.82 Å². The van der Waals surface area contributed by atoms with Crippen molar-refractivity contribution in [1.29, 1.82) is 0 Å². The van der Waals surface area contributed by atoms with Crippen LogP contribution in [0.4, 0.5) is 4.39 Å². The zero-order valence-electron chi connectivity index (χ0n) is 8.24. The molecule has 82 valence electrons. The summed E-state index contributed by atoms with van der Waals surface area (Å²) in [4.78, 5) is 11.0. The van der Waals surface area contributed by atoms with Gasteiger partial charge in [-0.15, -0.1) is 0 Å². The molecule has 3 N–H and O–H groups in total. The second-order valence-electron chi connectivity index (χ2n) is 3.08. The normalized spacial score (nSPS) is 12.2. The third-order valence-corrected chi connectivity index (χ3v) is 2.01. The number of hydrogen-bond acceptors (Lipinski definition) is 4. The number of esters is 1. The van der Waals surface area contributed by atoms with Crippen LogP contribution < -0.4 is 5.73 Å². The highest BCUT2D eigenvalue weighted by Gasteiger charge is 2.17. The van der Waals surface area contributed by atoms with Crippen molar-refractivity contribution < 1.29 is 19.0 Å². The van der Waals surface area contributed by atoms with Gasteiger partial charge in [0.25, 0.3) is 0 Å². The van der Waals surface area contributed by atoms with Crippen LogP contribution in [0.25, 0.3) is 0 Å². The minimum absolute atomic E-state index is 0.0380. The monoisotopic (exact) mass is 213 g/mol. The summed E-state index contributed by atoms with van der Waals surface area (Å²) in [6.45, 7) is 0. The van der Waals surface area contributed by atoms with E-state index in [1.807, 2.05) is 0 Å². The first-order valence-corrected chi connectivity index (χ1v) is 4.36. The largest absolute Gasteiger partial charge is 0.505 e. The maximum Gasteiger partial charge on any atom is 0.322 e. The number of methoxy groups -OCH3 is 1. The minimum Gasteiger partial charge on any atom is -0.505 e. The van der Waals surface area contributed by atoms with Gasteiger partial charge in [-0.2, -0.15) is 0 Å². The molecule has 0 aliphatic carbocycles. The van der Waals surface area contributed by atoms with E-state index in [0.717, 1.165) is 6.07 Å². The first kappa shape index (κ1) is 11.5.